The molecule has 0 fully saturated rings. The van der Waals surface area contributed by atoms with E-state index >= 15 is 0 Å². The first-order chi connectivity index (χ1) is 9.56. The second kappa shape index (κ2) is 6.38. The molecule has 0 aliphatic carbocycles. The predicted molar refractivity (Wildman–Crippen MR) is 73.8 cm³/mol. The van der Waals surface area contributed by atoms with E-state index in [0.717, 1.165) is 17.0 Å². The molecule has 2 N–H and O–H groups in total. The molecule has 2 rings (SSSR count). The van der Waals surface area contributed by atoms with Crippen LogP contribution in [0, 0.1) is 11.6 Å². The van der Waals surface area contributed by atoms with Crippen LogP contribution in [0.5, 0.6) is 5.75 Å². The number of amides is 1. The number of hydrogen-bond acceptors (Lipinski definition) is 3. The maximum absolute atomic E-state index is 13.3. The van der Waals surface area contributed by atoms with E-state index in [0.29, 0.717) is 0 Å². The van der Waals surface area contributed by atoms with Gasteiger partial charge in [0.25, 0.3) is 0 Å². The lowest BCUT2D eigenvalue weighted by atomic mass is 10.3. The van der Waals surface area contributed by atoms with Crippen LogP contribution in [-0.2, 0) is 4.79 Å². The summed E-state index contributed by atoms with van der Waals surface area (Å²) < 4.78 is 26.7. The molecule has 1 amide bonds. The molecule has 0 radical (unpaired) electrons. The molecule has 0 heterocycles. The average Bonchev–Trinajstić information content (AvgIpc) is 2.42. The number of rotatable bonds is 4. The second-order valence-electron chi connectivity index (χ2n) is 3.93. The normalized spacial score (nSPS) is 10.3. The number of nitrogens with one attached hydrogen (secondary N) is 1. The van der Waals surface area contributed by atoms with E-state index in [1.165, 1.54) is 30.0 Å². The summed E-state index contributed by atoms with van der Waals surface area (Å²) >= 11 is 1.20. The van der Waals surface area contributed by atoms with Crippen LogP contribution in [0.15, 0.2) is 47.4 Å². The monoisotopic (exact) mass is 295 g/mol. The molecule has 20 heavy (non-hydrogen) atoms. The second-order valence-corrected chi connectivity index (χ2v) is 4.98. The molecule has 6 heteroatoms. The van der Waals surface area contributed by atoms with Gasteiger partial charge in [0.1, 0.15) is 23.1 Å². The topological polar surface area (TPSA) is 49.3 Å². The highest BCUT2D eigenvalue weighted by Crippen LogP contribution is 2.22. The summed E-state index contributed by atoms with van der Waals surface area (Å²) in [6.45, 7) is 0. The molecule has 0 aliphatic rings. The Morgan fingerprint density at radius 3 is 2.30 bits per heavy atom. The lowest BCUT2D eigenvalue weighted by molar-refractivity contribution is -0.113. The van der Waals surface area contributed by atoms with Gasteiger partial charge in [0.15, 0.2) is 0 Å². The molecule has 0 aromatic heterocycles. The average molecular weight is 295 g/mol. The molecular formula is C14H11F2NO2S. The van der Waals surface area contributed by atoms with Crippen LogP contribution in [0.3, 0.4) is 0 Å². The van der Waals surface area contributed by atoms with E-state index in [2.05, 4.69) is 5.32 Å². The fourth-order valence-electron chi connectivity index (χ4n) is 1.48. The molecule has 0 unspecified atom stereocenters. The van der Waals surface area contributed by atoms with Crippen molar-refractivity contribution in [3.8, 4) is 5.75 Å². The van der Waals surface area contributed by atoms with E-state index in [4.69, 9.17) is 5.11 Å². The number of para-hydroxylation sites is 1. The summed E-state index contributed by atoms with van der Waals surface area (Å²) in [5.41, 5.74) is -0.441. The van der Waals surface area contributed by atoms with Crippen LogP contribution >= 0.6 is 11.8 Å². The van der Waals surface area contributed by atoms with Gasteiger partial charge in [0, 0.05) is 4.90 Å². The highest BCUT2D eigenvalue weighted by molar-refractivity contribution is 8.00. The zero-order valence-electron chi connectivity index (χ0n) is 10.3. The summed E-state index contributed by atoms with van der Waals surface area (Å²) in [4.78, 5) is 12.4. The van der Waals surface area contributed by atoms with Crippen molar-refractivity contribution in [2.24, 2.45) is 0 Å². The first kappa shape index (κ1) is 14.3. The number of thioether (sulfide) groups is 1. The van der Waals surface area contributed by atoms with E-state index in [1.807, 2.05) is 0 Å². The van der Waals surface area contributed by atoms with Crippen molar-refractivity contribution in [3.05, 3.63) is 54.1 Å². The van der Waals surface area contributed by atoms with E-state index in [-0.39, 0.29) is 11.5 Å². The number of carbonyl (C=O) groups is 1. The molecule has 0 aliphatic heterocycles. The summed E-state index contributed by atoms with van der Waals surface area (Å²) in [7, 11) is 0. The highest BCUT2D eigenvalue weighted by Gasteiger charge is 2.11. The van der Waals surface area contributed by atoms with Gasteiger partial charge in [-0.3, -0.25) is 4.79 Å². The third-order valence-corrected chi connectivity index (χ3v) is 3.45. The summed E-state index contributed by atoms with van der Waals surface area (Å²) in [5, 5.41) is 11.3. The van der Waals surface area contributed by atoms with Gasteiger partial charge in [-0.2, -0.15) is 0 Å². The van der Waals surface area contributed by atoms with Gasteiger partial charge in [0.05, 0.1) is 5.75 Å². The fraction of sp³-hybridized carbons (Fsp3) is 0.0714. The number of benzene rings is 2. The molecule has 104 valence electrons. The number of halogens is 2. The Hall–Kier alpha value is -2.08. The highest BCUT2D eigenvalue weighted by atomic mass is 32.2. The third kappa shape index (κ3) is 3.71. The van der Waals surface area contributed by atoms with Gasteiger partial charge in [-0.25, -0.2) is 8.78 Å². The molecular weight excluding hydrogens is 284 g/mol. The number of carbonyl (C=O) groups excluding carboxylic acids is 1. The molecule has 2 aromatic rings. The van der Waals surface area contributed by atoms with Gasteiger partial charge >= 0.3 is 0 Å². The van der Waals surface area contributed by atoms with Crippen molar-refractivity contribution in [2.75, 3.05) is 11.1 Å². The van der Waals surface area contributed by atoms with E-state index in [9.17, 15) is 13.6 Å². The van der Waals surface area contributed by atoms with Gasteiger partial charge < -0.3 is 10.4 Å². The van der Waals surface area contributed by atoms with E-state index in [1.54, 1.807) is 12.1 Å². The third-order valence-electron chi connectivity index (χ3n) is 2.43. The molecule has 3 nitrogen and oxygen atoms in total. The molecule has 0 atom stereocenters. The smallest absolute Gasteiger partial charge is 0.234 e. The Morgan fingerprint density at radius 1 is 1.10 bits per heavy atom. The Balaban J connectivity index is 1.94. The Bertz CT molecular complexity index is 597. The summed E-state index contributed by atoms with van der Waals surface area (Å²) in [5.74, 6) is -1.99. The lowest BCUT2D eigenvalue weighted by Crippen LogP contribution is -2.16. The zero-order chi connectivity index (χ0) is 14.5. The number of aromatic hydroxyl groups is 1. The summed E-state index contributed by atoms with van der Waals surface area (Å²) in [6, 6.07) is 9.67. The van der Waals surface area contributed by atoms with Gasteiger partial charge in [-0.1, -0.05) is 6.07 Å². The number of phenols is 1. The number of anilines is 1. The Labute approximate surface area is 118 Å². The largest absolute Gasteiger partial charge is 0.508 e. The van der Waals surface area contributed by atoms with Crippen LogP contribution in [0.1, 0.15) is 0 Å². The lowest BCUT2D eigenvalue weighted by Gasteiger charge is -2.07. The first-order valence-electron chi connectivity index (χ1n) is 5.72. The molecule has 0 saturated heterocycles. The molecule has 0 spiro atoms. The minimum atomic E-state index is -0.812. The fourth-order valence-corrected chi connectivity index (χ4v) is 2.18. The van der Waals surface area contributed by atoms with Crippen molar-refractivity contribution in [2.45, 2.75) is 4.90 Å². The van der Waals surface area contributed by atoms with Crippen molar-refractivity contribution in [3.63, 3.8) is 0 Å². The standard InChI is InChI=1S/C14H11F2NO2S/c15-11-2-1-3-12(16)14(11)17-13(19)8-20-10-6-4-9(18)5-7-10/h1-7,18H,8H2,(H,17,19). The van der Waals surface area contributed by atoms with Gasteiger partial charge in [-0.15, -0.1) is 11.8 Å². The Kier molecular flexibility index (Phi) is 4.57. The number of hydrogen-bond donors (Lipinski definition) is 2. The SMILES string of the molecule is O=C(CSc1ccc(O)cc1)Nc1c(F)cccc1F. The first-order valence-corrected chi connectivity index (χ1v) is 6.70. The molecule has 0 bridgehead atoms. The number of phenolic OH excluding ortho intramolecular Hbond substituents is 1. The van der Waals surface area contributed by atoms with Gasteiger partial charge in [-0.05, 0) is 36.4 Å². The van der Waals surface area contributed by atoms with Gasteiger partial charge in [0.2, 0.25) is 5.91 Å². The van der Waals surface area contributed by atoms with Crippen molar-refractivity contribution < 1.29 is 18.7 Å². The predicted octanol–water partition coefficient (Wildman–Crippen LogP) is 3.40. The molecule has 2 aromatic carbocycles. The van der Waals surface area contributed by atoms with Crippen molar-refractivity contribution in [1.82, 2.24) is 0 Å². The molecule has 0 saturated carbocycles. The van der Waals surface area contributed by atoms with Crippen LogP contribution in [0.25, 0.3) is 0 Å². The van der Waals surface area contributed by atoms with Crippen LogP contribution in [0.4, 0.5) is 14.5 Å². The van der Waals surface area contributed by atoms with E-state index < -0.39 is 23.2 Å². The van der Waals surface area contributed by atoms with Crippen LogP contribution in [-0.4, -0.2) is 16.8 Å². The van der Waals surface area contributed by atoms with Crippen molar-refractivity contribution >= 4 is 23.4 Å². The Morgan fingerprint density at radius 2 is 1.70 bits per heavy atom. The maximum atomic E-state index is 13.3. The quantitative estimate of drug-likeness (QED) is 0.850. The minimum Gasteiger partial charge on any atom is -0.508 e. The summed E-state index contributed by atoms with van der Waals surface area (Å²) in [6.07, 6.45) is 0. The zero-order valence-corrected chi connectivity index (χ0v) is 11.1. The maximum Gasteiger partial charge on any atom is 0.234 e. The van der Waals surface area contributed by atoms with Crippen LogP contribution < -0.4 is 5.32 Å². The van der Waals surface area contributed by atoms with Crippen molar-refractivity contribution in [1.29, 1.82) is 0 Å². The van der Waals surface area contributed by atoms with Crippen LogP contribution in [0.2, 0.25) is 0 Å². The minimum absolute atomic E-state index is 0.0124.